The second kappa shape index (κ2) is 5.45. The lowest BCUT2D eigenvalue weighted by molar-refractivity contribution is -0.139. The number of aliphatic carboxylic acids is 1. The number of carbonyl (C=O) groups excluding carboxylic acids is 2. The highest BCUT2D eigenvalue weighted by Crippen LogP contribution is 2.23. The van der Waals surface area contributed by atoms with Crippen LogP contribution in [0.4, 0.5) is 5.69 Å². The normalized spacial score (nSPS) is 13.8. The first-order valence-corrected chi connectivity index (χ1v) is 5.91. The van der Waals surface area contributed by atoms with Gasteiger partial charge in [-0.2, -0.15) is 0 Å². The summed E-state index contributed by atoms with van der Waals surface area (Å²) in [5, 5.41) is 13.9. The number of terminal acetylenes is 1. The van der Waals surface area contributed by atoms with Crippen LogP contribution < -0.4 is 10.6 Å². The minimum atomic E-state index is -1.19. The van der Waals surface area contributed by atoms with Crippen LogP contribution in [0, 0.1) is 12.3 Å². The summed E-state index contributed by atoms with van der Waals surface area (Å²) in [5.74, 6) is 0.354. The quantitative estimate of drug-likeness (QED) is 0.691. The second-order valence-corrected chi connectivity index (χ2v) is 4.37. The van der Waals surface area contributed by atoms with Crippen LogP contribution in [-0.2, 0) is 16.0 Å². The molecule has 0 bridgehead atoms. The van der Waals surface area contributed by atoms with Crippen molar-refractivity contribution in [1.29, 1.82) is 0 Å². The Bertz CT molecular complexity index is 631. The fourth-order valence-corrected chi connectivity index (χ4v) is 1.93. The summed E-state index contributed by atoms with van der Waals surface area (Å²) in [6.07, 6.45) is 5.18. The van der Waals surface area contributed by atoms with E-state index in [1.54, 1.807) is 12.1 Å². The zero-order chi connectivity index (χ0) is 14.7. The number of amides is 2. The number of fused-ring (bicyclic) bond motifs is 1. The third kappa shape index (κ3) is 2.78. The van der Waals surface area contributed by atoms with Crippen LogP contribution in [0.5, 0.6) is 0 Å². The van der Waals surface area contributed by atoms with Crippen molar-refractivity contribution in [2.24, 2.45) is 0 Å². The fraction of sp³-hybridized carbons (Fsp3) is 0.214. The molecule has 6 heteroatoms. The number of carboxylic acid groups (broad SMARTS) is 1. The summed E-state index contributed by atoms with van der Waals surface area (Å²) in [7, 11) is 0. The van der Waals surface area contributed by atoms with Crippen molar-refractivity contribution in [3.8, 4) is 12.3 Å². The summed E-state index contributed by atoms with van der Waals surface area (Å²) in [6, 6.07) is 3.58. The van der Waals surface area contributed by atoms with E-state index in [0.29, 0.717) is 16.8 Å². The highest BCUT2D eigenvalue weighted by atomic mass is 16.4. The molecule has 2 rings (SSSR count). The first-order chi connectivity index (χ1) is 9.51. The summed E-state index contributed by atoms with van der Waals surface area (Å²) in [4.78, 5) is 34.1. The van der Waals surface area contributed by atoms with Crippen molar-refractivity contribution in [3.63, 3.8) is 0 Å². The Morgan fingerprint density at radius 3 is 2.90 bits per heavy atom. The van der Waals surface area contributed by atoms with Crippen molar-refractivity contribution in [2.45, 2.75) is 18.9 Å². The van der Waals surface area contributed by atoms with Crippen LogP contribution in [0.25, 0.3) is 0 Å². The topological polar surface area (TPSA) is 95.5 Å². The van der Waals surface area contributed by atoms with Gasteiger partial charge in [0.2, 0.25) is 5.91 Å². The van der Waals surface area contributed by atoms with Crippen molar-refractivity contribution in [3.05, 3.63) is 29.3 Å². The average molecular weight is 272 g/mol. The molecule has 2 amide bonds. The van der Waals surface area contributed by atoms with Gasteiger partial charge in [0, 0.05) is 17.7 Å². The molecule has 0 aliphatic carbocycles. The van der Waals surface area contributed by atoms with E-state index in [-0.39, 0.29) is 18.7 Å². The summed E-state index contributed by atoms with van der Waals surface area (Å²) in [5.41, 5.74) is 1.68. The first kappa shape index (κ1) is 13.6. The maximum Gasteiger partial charge on any atom is 0.327 e. The van der Waals surface area contributed by atoms with Gasteiger partial charge in [-0.25, -0.2) is 4.79 Å². The molecule has 1 heterocycles. The van der Waals surface area contributed by atoms with Crippen LogP contribution in [-0.4, -0.2) is 28.9 Å². The number of hydrogen-bond acceptors (Lipinski definition) is 3. The van der Waals surface area contributed by atoms with Crippen LogP contribution >= 0.6 is 0 Å². The average Bonchev–Trinajstić information content (AvgIpc) is 2.76. The number of rotatable bonds is 4. The van der Waals surface area contributed by atoms with E-state index in [2.05, 4.69) is 16.6 Å². The van der Waals surface area contributed by atoms with Gasteiger partial charge in [-0.1, -0.05) is 0 Å². The minimum Gasteiger partial charge on any atom is -0.480 e. The van der Waals surface area contributed by atoms with Crippen LogP contribution in [0.3, 0.4) is 0 Å². The van der Waals surface area contributed by atoms with Crippen LogP contribution in [0.1, 0.15) is 22.3 Å². The van der Waals surface area contributed by atoms with Crippen molar-refractivity contribution in [2.75, 3.05) is 5.32 Å². The Kier molecular flexibility index (Phi) is 3.71. The molecular weight excluding hydrogens is 260 g/mol. The third-order valence-corrected chi connectivity index (χ3v) is 2.92. The van der Waals surface area contributed by atoms with Gasteiger partial charge in [0.05, 0.1) is 6.42 Å². The van der Waals surface area contributed by atoms with Gasteiger partial charge in [0.1, 0.15) is 6.04 Å². The molecular formula is C14H12N2O4. The van der Waals surface area contributed by atoms with Gasteiger partial charge >= 0.3 is 5.97 Å². The molecule has 0 saturated carbocycles. The predicted molar refractivity (Wildman–Crippen MR) is 71.1 cm³/mol. The molecule has 1 aromatic rings. The molecule has 0 saturated heterocycles. The molecule has 0 aromatic heterocycles. The van der Waals surface area contributed by atoms with Gasteiger partial charge < -0.3 is 15.7 Å². The molecule has 102 valence electrons. The fourth-order valence-electron chi connectivity index (χ4n) is 1.93. The zero-order valence-corrected chi connectivity index (χ0v) is 10.5. The van der Waals surface area contributed by atoms with E-state index in [1.165, 1.54) is 6.07 Å². The molecule has 0 radical (unpaired) electrons. The standard InChI is InChI=1S/C14H12N2O4/c1-2-3-11(14(19)20)16-13(18)8-4-5-10-9(6-8)7-12(17)15-10/h1,4-6,11H,3,7H2,(H,15,17)(H,16,18)(H,19,20). The summed E-state index contributed by atoms with van der Waals surface area (Å²) >= 11 is 0. The Morgan fingerprint density at radius 1 is 1.50 bits per heavy atom. The molecule has 0 fully saturated rings. The number of carbonyl (C=O) groups is 3. The summed E-state index contributed by atoms with van der Waals surface area (Å²) < 4.78 is 0. The molecule has 1 unspecified atom stereocenters. The van der Waals surface area contributed by atoms with Gasteiger partial charge in [-0.3, -0.25) is 9.59 Å². The largest absolute Gasteiger partial charge is 0.480 e. The number of nitrogens with one attached hydrogen (secondary N) is 2. The molecule has 1 aromatic carbocycles. The van der Waals surface area contributed by atoms with E-state index in [1.807, 2.05) is 0 Å². The van der Waals surface area contributed by atoms with Gasteiger partial charge in [-0.05, 0) is 23.8 Å². The highest BCUT2D eigenvalue weighted by Gasteiger charge is 2.22. The maximum absolute atomic E-state index is 12.0. The van der Waals surface area contributed by atoms with Gasteiger partial charge in [0.15, 0.2) is 0 Å². The lowest BCUT2D eigenvalue weighted by atomic mass is 10.1. The van der Waals surface area contributed by atoms with Gasteiger partial charge in [0.25, 0.3) is 5.91 Å². The molecule has 1 aliphatic heterocycles. The lowest BCUT2D eigenvalue weighted by Gasteiger charge is -2.12. The minimum absolute atomic E-state index is 0.0912. The van der Waals surface area contributed by atoms with Crippen LogP contribution in [0.15, 0.2) is 18.2 Å². The Balaban J connectivity index is 2.14. The molecule has 0 spiro atoms. The SMILES string of the molecule is C#CCC(NC(=O)c1ccc2c(c1)CC(=O)N2)C(=O)O. The number of carboxylic acids is 1. The smallest absolute Gasteiger partial charge is 0.327 e. The van der Waals surface area contributed by atoms with Crippen molar-refractivity contribution in [1.82, 2.24) is 5.32 Å². The van der Waals surface area contributed by atoms with E-state index in [9.17, 15) is 14.4 Å². The molecule has 6 nitrogen and oxygen atoms in total. The Morgan fingerprint density at radius 2 is 2.25 bits per heavy atom. The first-order valence-electron chi connectivity index (χ1n) is 5.91. The van der Waals surface area contributed by atoms with Crippen molar-refractivity contribution >= 4 is 23.5 Å². The number of benzene rings is 1. The second-order valence-electron chi connectivity index (χ2n) is 4.37. The molecule has 1 aliphatic rings. The van der Waals surface area contributed by atoms with Gasteiger partial charge in [-0.15, -0.1) is 12.3 Å². The third-order valence-electron chi connectivity index (χ3n) is 2.92. The summed E-state index contributed by atoms with van der Waals surface area (Å²) in [6.45, 7) is 0. The highest BCUT2D eigenvalue weighted by molar-refractivity contribution is 6.02. The monoisotopic (exact) mass is 272 g/mol. The Labute approximate surface area is 115 Å². The lowest BCUT2D eigenvalue weighted by Crippen LogP contribution is -2.40. The predicted octanol–water partition coefficient (Wildman–Crippen LogP) is 0.387. The number of anilines is 1. The van der Waals surface area contributed by atoms with E-state index >= 15 is 0 Å². The maximum atomic E-state index is 12.0. The number of hydrogen-bond donors (Lipinski definition) is 3. The zero-order valence-electron chi connectivity index (χ0n) is 10.5. The van der Waals surface area contributed by atoms with E-state index in [0.717, 1.165) is 0 Å². The molecule has 20 heavy (non-hydrogen) atoms. The van der Waals surface area contributed by atoms with E-state index in [4.69, 9.17) is 11.5 Å². The molecule has 1 atom stereocenters. The van der Waals surface area contributed by atoms with Crippen molar-refractivity contribution < 1.29 is 19.5 Å². The van der Waals surface area contributed by atoms with Crippen LogP contribution in [0.2, 0.25) is 0 Å². The molecule has 3 N–H and O–H groups in total. The van der Waals surface area contributed by atoms with E-state index < -0.39 is 17.9 Å². The Hall–Kier alpha value is -2.81.